The number of anilines is 2. The Morgan fingerprint density at radius 3 is 2.70 bits per heavy atom. The van der Waals surface area contributed by atoms with Crippen molar-refractivity contribution in [2.75, 3.05) is 30.4 Å². The highest BCUT2D eigenvalue weighted by molar-refractivity contribution is 7.21. The Labute approximate surface area is 193 Å². The Hall–Kier alpha value is -2.47. The van der Waals surface area contributed by atoms with Gasteiger partial charge in [0.1, 0.15) is 10.8 Å². The number of halogens is 2. The fourth-order valence-electron chi connectivity index (χ4n) is 4.67. The summed E-state index contributed by atoms with van der Waals surface area (Å²) in [7, 11) is 0. The maximum Gasteiger partial charge on any atom is 0.287 e. The molecule has 2 aliphatic carbocycles. The van der Waals surface area contributed by atoms with Crippen molar-refractivity contribution in [3.8, 4) is 10.6 Å². The zero-order valence-electron chi connectivity index (χ0n) is 18.2. The van der Waals surface area contributed by atoms with Crippen LogP contribution in [0.3, 0.4) is 0 Å². The van der Waals surface area contributed by atoms with Crippen LogP contribution in [0.4, 0.5) is 20.5 Å². The molecule has 176 valence electrons. The van der Waals surface area contributed by atoms with Crippen molar-refractivity contribution < 1.29 is 23.7 Å². The predicted molar refractivity (Wildman–Crippen MR) is 122 cm³/mol. The van der Waals surface area contributed by atoms with Crippen molar-refractivity contribution in [1.29, 1.82) is 0 Å². The number of nitrogens with one attached hydrogen (secondary N) is 2. The van der Waals surface area contributed by atoms with Crippen molar-refractivity contribution in [2.45, 2.75) is 43.9 Å². The maximum atomic E-state index is 14.3. The van der Waals surface area contributed by atoms with E-state index in [-0.39, 0.29) is 24.6 Å². The molecule has 11 heteroatoms. The average Bonchev–Trinajstić information content (AvgIpc) is 3.07. The fraction of sp³-hybridized carbons (Fsp3) is 0.500. The first-order valence-electron chi connectivity index (χ1n) is 10.9. The van der Waals surface area contributed by atoms with Crippen LogP contribution in [0.15, 0.2) is 24.3 Å². The van der Waals surface area contributed by atoms with E-state index in [0.29, 0.717) is 36.0 Å². The lowest BCUT2D eigenvalue weighted by molar-refractivity contribution is -0.124. The Bertz CT molecular complexity index is 1170. The second-order valence-electron chi connectivity index (χ2n) is 8.43. The molecule has 3 atom stereocenters. The summed E-state index contributed by atoms with van der Waals surface area (Å²) in [5.74, 6) is -4.24. The molecule has 0 saturated heterocycles. The van der Waals surface area contributed by atoms with Gasteiger partial charge in [-0.05, 0) is 38.8 Å². The number of thiazole rings is 1. The summed E-state index contributed by atoms with van der Waals surface area (Å²) in [5, 5.41) is 28.2. The number of aromatic nitrogens is 3. The van der Waals surface area contributed by atoms with Gasteiger partial charge in [0.25, 0.3) is 5.92 Å². The van der Waals surface area contributed by atoms with Crippen molar-refractivity contribution in [2.24, 2.45) is 5.92 Å². The molecule has 3 aromatic rings. The number of hydrogen-bond acceptors (Lipinski definition) is 9. The van der Waals surface area contributed by atoms with Gasteiger partial charge in [-0.15, -0.1) is 11.3 Å². The lowest BCUT2D eigenvalue weighted by Crippen LogP contribution is -2.53. The molecule has 4 N–H and O–H groups in total. The molecule has 0 aliphatic heterocycles. The first kappa shape index (κ1) is 22.3. The Balaban J connectivity index is 1.55. The van der Waals surface area contributed by atoms with E-state index >= 15 is 0 Å². The van der Waals surface area contributed by atoms with Crippen LogP contribution in [-0.2, 0) is 4.74 Å². The summed E-state index contributed by atoms with van der Waals surface area (Å²) in [6.45, 7) is 5.12. The van der Waals surface area contributed by atoms with Crippen molar-refractivity contribution in [3.05, 3.63) is 30.0 Å². The van der Waals surface area contributed by atoms with Crippen LogP contribution in [0.1, 0.15) is 25.5 Å². The molecule has 0 spiro atoms. The average molecular weight is 478 g/mol. The Kier molecular flexibility index (Phi) is 5.27. The van der Waals surface area contributed by atoms with Crippen LogP contribution in [0.2, 0.25) is 0 Å². The van der Waals surface area contributed by atoms with Gasteiger partial charge in [0.2, 0.25) is 5.95 Å². The fourth-order valence-corrected chi connectivity index (χ4v) is 5.73. The van der Waals surface area contributed by atoms with E-state index in [9.17, 15) is 19.0 Å². The first-order valence-corrected chi connectivity index (χ1v) is 11.7. The highest BCUT2D eigenvalue weighted by atomic mass is 32.1. The van der Waals surface area contributed by atoms with Gasteiger partial charge in [0.05, 0.1) is 34.0 Å². The summed E-state index contributed by atoms with van der Waals surface area (Å²) in [6.07, 6.45) is -0.0216. The molecule has 2 fully saturated rings. The summed E-state index contributed by atoms with van der Waals surface area (Å²) in [4.78, 5) is 13.6. The van der Waals surface area contributed by atoms with Gasteiger partial charge in [-0.1, -0.05) is 12.1 Å². The number of fused-ring (bicyclic) bond motifs is 2. The number of ether oxygens (including phenoxy) is 1. The second kappa shape index (κ2) is 7.79. The van der Waals surface area contributed by atoms with Crippen molar-refractivity contribution >= 4 is 33.3 Å². The van der Waals surface area contributed by atoms with Gasteiger partial charge < -0.3 is 25.6 Å². The highest BCUT2D eigenvalue weighted by Crippen LogP contribution is 2.70. The van der Waals surface area contributed by atoms with Gasteiger partial charge in [-0.2, -0.15) is 4.98 Å². The quantitative estimate of drug-likeness (QED) is 0.289. The monoisotopic (exact) mass is 477 g/mol. The lowest BCUT2D eigenvalue weighted by Gasteiger charge is -2.33. The van der Waals surface area contributed by atoms with Crippen LogP contribution in [0, 0.1) is 12.8 Å². The third-order valence-corrected chi connectivity index (χ3v) is 7.50. The van der Waals surface area contributed by atoms with Crippen LogP contribution in [0.25, 0.3) is 20.8 Å². The topological polar surface area (TPSA) is 112 Å². The summed E-state index contributed by atoms with van der Waals surface area (Å²) in [6, 6.07) is 7.60. The number of alkyl halides is 2. The SMILES string of the molecule is CCOCCNc1nc(C)c(-c2nc3ccccc3s2)c(NC2(O)CCC3C(F)(F)C32O)n1. The first-order chi connectivity index (χ1) is 15.7. The third kappa shape index (κ3) is 3.37. The molecular formula is C22H25F2N5O3S. The van der Waals surface area contributed by atoms with Crippen LogP contribution in [-0.4, -0.2) is 62.2 Å². The molecule has 2 saturated carbocycles. The van der Waals surface area contributed by atoms with Crippen molar-refractivity contribution in [3.63, 3.8) is 0 Å². The van der Waals surface area contributed by atoms with E-state index in [4.69, 9.17) is 4.74 Å². The molecular weight excluding hydrogens is 452 g/mol. The van der Waals surface area contributed by atoms with E-state index in [1.807, 2.05) is 31.2 Å². The smallest absolute Gasteiger partial charge is 0.287 e. The largest absolute Gasteiger partial charge is 0.380 e. The summed E-state index contributed by atoms with van der Waals surface area (Å²) in [5.41, 5.74) is -2.93. The number of aliphatic hydroxyl groups is 2. The third-order valence-electron chi connectivity index (χ3n) is 6.45. The van der Waals surface area contributed by atoms with Crippen LogP contribution < -0.4 is 10.6 Å². The Morgan fingerprint density at radius 2 is 2.00 bits per heavy atom. The standard InChI is InChI=1S/C22H25F2N5O3S/c1-3-32-11-10-25-19-26-12(2)16(18-27-13-6-4-5-7-14(13)33-18)17(28-19)29-20(30)9-8-15-21(20,31)22(15,23)24/h4-7,15,30-31H,3,8-11H2,1-2H3,(H2,25,26,28,29). The van der Waals surface area contributed by atoms with Crippen molar-refractivity contribution in [1.82, 2.24) is 15.0 Å². The second-order valence-corrected chi connectivity index (χ2v) is 9.46. The minimum Gasteiger partial charge on any atom is -0.380 e. The van der Waals surface area contributed by atoms with E-state index in [2.05, 4.69) is 25.6 Å². The van der Waals surface area contributed by atoms with Crippen LogP contribution >= 0.6 is 11.3 Å². The molecule has 2 aliphatic rings. The zero-order chi connectivity index (χ0) is 23.4. The number of rotatable bonds is 8. The van der Waals surface area contributed by atoms with Gasteiger partial charge in [-0.25, -0.2) is 18.7 Å². The molecule has 2 aromatic heterocycles. The minimum absolute atomic E-state index is 0.00694. The van der Waals surface area contributed by atoms with E-state index in [1.54, 1.807) is 6.92 Å². The van der Waals surface area contributed by atoms with Gasteiger partial charge in [0, 0.05) is 13.2 Å². The number of nitrogens with zero attached hydrogens (tertiary/aromatic N) is 3. The molecule has 0 radical (unpaired) electrons. The zero-order valence-corrected chi connectivity index (χ0v) is 19.0. The number of benzene rings is 1. The maximum absolute atomic E-state index is 14.3. The van der Waals surface area contributed by atoms with Crippen LogP contribution in [0.5, 0.6) is 0 Å². The highest BCUT2D eigenvalue weighted by Gasteiger charge is 2.91. The molecule has 2 heterocycles. The number of aryl methyl sites for hydroxylation is 1. The minimum atomic E-state index is -3.36. The molecule has 1 aromatic carbocycles. The molecule has 0 amide bonds. The predicted octanol–water partition coefficient (Wildman–Crippen LogP) is 3.40. The van der Waals surface area contributed by atoms with E-state index in [0.717, 1.165) is 10.2 Å². The van der Waals surface area contributed by atoms with Gasteiger partial charge >= 0.3 is 0 Å². The normalized spacial score (nSPS) is 27.5. The molecule has 3 unspecified atom stereocenters. The molecule has 0 bridgehead atoms. The molecule has 8 nitrogen and oxygen atoms in total. The molecule has 33 heavy (non-hydrogen) atoms. The summed E-state index contributed by atoms with van der Waals surface area (Å²) < 4.78 is 34.8. The van der Waals surface area contributed by atoms with E-state index < -0.39 is 23.2 Å². The van der Waals surface area contributed by atoms with Gasteiger partial charge in [-0.3, -0.25) is 0 Å². The number of para-hydroxylation sites is 1. The number of hydrogen-bond donors (Lipinski definition) is 4. The van der Waals surface area contributed by atoms with E-state index in [1.165, 1.54) is 11.3 Å². The Morgan fingerprint density at radius 1 is 1.21 bits per heavy atom. The van der Waals surface area contributed by atoms with Gasteiger partial charge in [0.15, 0.2) is 11.3 Å². The molecule has 5 rings (SSSR count). The lowest BCUT2D eigenvalue weighted by atomic mass is 10.0. The summed E-state index contributed by atoms with van der Waals surface area (Å²) >= 11 is 1.41.